The molecule has 5 aromatic rings. The lowest BCUT2D eigenvalue weighted by atomic mass is 9.97. The third-order valence-electron chi connectivity index (χ3n) is 6.71. The molecular formula is C31H22ClNO6. The van der Waals surface area contributed by atoms with E-state index in [0.29, 0.717) is 62.0 Å². The van der Waals surface area contributed by atoms with E-state index in [1.54, 1.807) is 41.0 Å². The fraction of sp³-hybridized carbons (Fsp3) is 0.0968. The van der Waals surface area contributed by atoms with Crippen LogP contribution in [0.15, 0.2) is 84.9 Å². The number of carbonyl (C=O) groups excluding carboxylic acids is 1. The molecule has 0 fully saturated rings. The fourth-order valence-corrected chi connectivity index (χ4v) is 5.12. The molecule has 0 saturated heterocycles. The van der Waals surface area contributed by atoms with Gasteiger partial charge in [-0.1, -0.05) is 66.2 Å². The largest absolute Gasteiger partial charge is 0.489 e. The van der Waals surface area contributed by atoms with E-state index in [0.717, 1.165) is 11.8 Å². The number of carboxylic acid groups (broad SMARTS) is 1. The summed E-state index contributed by atoms with van der Waals surface area (Å²) in [6, 6.07) is 25.6. The molecule has 194 valence electrons. The predicted octanol–water partition coefficient (Wildman–Crippen LogP) is 6.83. The van der Waals surface area contributed by atoms with Gasteiger partial charge in [-0.05, 0) is 41.0 Å². The van der Waals surface area contributed by atoms with Crippen LogP contribution in [0.4, 0.5) is 0 Å². The van der Waals surface area contributed by atoms with Crippen molar-refractivity contribution in [3.63, 3.8) is 0 Å². The number of benzene rings is 4. The fourth-order valence-electron chi connectivity index (χ4n) is 4.90. The normalized spacial score (nSPS) is 12.0. The van der Waals surface area contributed by atoms with Gasteiger partial charge in [0.15, 0.2) is 17.8 Å². The van der Waals surface area contributed by atoms with Crippen LogP contribution in [-0.4, -0.2) is 28.7 Å². The van der Waals surface area contributed by atoms with Crippen LogP contribution in [0.25, 0.3) is 22.0 Å². The lowest BCUT2D eigenvalue weighted by Crippen LogP contribution is -2.11. The number of hydrogen-bond acceptors (Lipinski definition) is 5. The van der Waals surface area contributed by atoms with Crippen LogP contribution in [0.5, 0.6) is 17.2 Å². The molecule has 1 aliphatic rings. The lowest BCUT2D eigenvalue weighted by molar-refractivity contribution is 0.0687. The number of nitrogens with zero attached hydrogens (tertiary/aromatic N) is 1. The van der Waals surface area contributed by atoms with Crippen molar-refractivity contribution in [3.8, 4) is 28.4 Å². The predicted molar refractivity (Wildman–Crippen MR) is 147 cm³/mol. The van der Waals surface area contributed by atoms with E-state index in [1.165, 1.54) is 0 Å². The Kier molecular flexibility index (Phi) is 6.42. The number of hydrogen-bond donors (Lipinski definition) is 1. The van der Waals surface area contributed by atoms with Crippen LogP contribution in [0.1, 0.15) is 32.0 Å². The number of carbonyl (C=O) groups is 2. The van der Waals surface area contributed by atoms with Crippen molar-refractivity contribution in [2.24, 2.45) is 0 Å². The molecule has 0 unspecified atom stereocenters. The van der Waals surface area contributed by atoms with Gasteiger partial charge in [0.05, 0.1) is 6.54 Å². The first-order valence-corrected chi connectivity index (χ1v) is 12.6. The highest BCUT2D eigenvalue weighted by Gasteiger charge is 2.27. The summed E-state index contributed by atoms with van der Waals surface area (Å²) in [5.74, 6) is 0.531. The molecule has 2 heterocycles. The van der Waals surface area contributed by atoms with Crippen molar-refractivity contribution < 1.29 is 28.9 Å². The molecule has 0 spiro atoms. The van der Waals surface area contributed by atoms with Crippen molar-refractivity contribution in [3.05, 3.63) is 112 Å². The number of ether oxygens (including phenoxy) is 3. The minimum atomic E-state index is -1.13. The number of fused-ring (bicyclic) bond motifs is 2. The van der Waals surface area contributed by atoms with E-state index in [2.05, 4.69) is 0 Å². The molecule has 8 heteroatoms. The van der Waals surface area contributed by atoms with Crippen LogP contribution in [0.3, 0.4) is 0 Å². The Morgan fingerprint density at radius 2 is 1.72 bits per heavy atom. The highest BCUT2D eigenvalue weighted by Crippen LogP contribution is 2.41. The first-order chi connectivity index (χ1) is 19.0. The summed E-state index contributed by atoms with van der Waals surface area (Å²) >= 11 is 6.57. The number of halogens is 1. The summed E-state index contributed by atoms with van der Waals surface area (Å²) in [5.41, 5.74) is 3.70. The van der Waals surface area contributed by atoms with E-state index in [4.69, 9.17) is 25.8 Å². The minimum absolute atomic E-state index is 0.0354. The summed E-state index contributed by atoms with van der Waals surface area (Å²) in [5, 5.41) is 11.5. The molecule has 4 aromatic carbocycles. The molecule has 0 radical (unpaired) electrons. The molecule has 0 atom stereocenters. The number of aldehydes is 1. The number of carboxylic acids is 1. The monoisotopic (exact) mass is 539 g/mol. The first-order valence-electron chi connectivity index (χ1n) is 12.2. The molecule has 1 N–H and O–H groups in total. The van der Waals surface area contributed by atoms with Crippen molar-refractivity contribution in [2.75, 3.05) is 6.79 Å². The van der Waals surface area contributed by atoms with Gasteiger partial charge in [0.1, 0.15) is 18.1 Å². The van der Waals surface area contributed by atoms with Gasteiger partial charge in [-0.15, -0.1) is 0 Å². The molecule has 0 aliphatic carbocycles. The van der Waals surface area contributed by atoms with Crippen LogP contribution in [0.2, 0.25) is 5.02 Å². The average Bonchev–Trinajstić information content (AvgIpc) is 3.54. The molecule has 7 nitrogen and oxygen atoms in total. The van der Waals surface area contributed by atoms with E-state index in [1.807, 2.05) is 48.5 Å². The van der Waals surface area contributed by atoms with Crippen molar-refractivity contribution >= 4 is 34.8 Å². The third kappa shape index (κ3) is 4.57. The van der Waals surface area contributed by atoms with E-state index in [9.17, 15) is 14.7 Å². The SMILES string of the molecule is O=Cc1ccccc1-c1c(C(=O)O)n(Cc2cc3c(cc2Cl)OCO3)c2ccc(OCc3ccccc3)cc12. The van der Waals surface area contributed by atoms with Crippen molar-refractivity contribution in [1.82, 2.24) is 4.57 Å². The Balaban J connectivity index is 1.53. The van der Waals surface area contributed by atoms with Gasteiger partial charge in [-0.3, -0.25) is 4.79 Å². The average molecular weight is 540 g/mol. The molecule has 1 aromatic heterocycles. The second-order valence-electron chi connectivity index (χ2n) is 9.07. The lowest BCUT2D eigenvalue weighted by Gasteiger charge is -2.12. The van der Waals surface area contributed by atoms with E-state index in [-0.39, 0.29) is 19.0 Å². The van der Waals surface area contributed by atoms with Crippen LogP contribution in [-0.2, 0) is 13.2 Å². The van der Waals surface area contributed by atoms with Crippen LogP contribution < -0.4 is 14.2 Å². The van der Waals surface area contributed by atoms with E-state index >= 15 is 0 Å². The number of aromatic carboxylic acids is 1. The summed E-state index contributed by atoms with van der Waals surface area (Å²) < 4.78 is 18.7. The maximum Gasteiger partial charge on any atom is 0.353 e. The zero-order valence-electron chi connectivity index (χ0n) is 20.6. The standard InChI is InChI=1S/C31H22ClNO6/c32-25-14-28-27(38-18-39-28)12-21(25)15-33-26-11-10-22(37-17-19-6-2-1-3-7-19)13-24(26)29(30(33)31(35)36)23-9-5-4-8-20(23)16-34/h1-14,16H,15,17-18H2,(H,35,36). The minimum Gasteiger partial charge on any atom is -0.489 e. The van der Waals surface area contributed by atoms with Gasteiger partial charge in [-0.25, -0.2) is 4.79 Å². The van der Waals surface area contributed by atoms with Gasteiger partial charge >= 0.3 is 5.97 Å². The van der Waals surface area contributed by atoms with Crippen molar-refractivity contribution in [1.29, 1.82) is 0 Å². The summed E-state index contributed by atoms with van der Waals surface area (Å²) in [4.78, 5) is 24.8. The summed E-state index contributed by atoms with van der Waals surface area (Å²) in [6.45, 7) is 0.604. The maximum absolute atomic E-state index is 12.8. The highest BCUT2D eigenvalue weighted by molar-refractivity contribution is 6.31. The van der Waals surface area contributed by atoms with Gasteiger partial charge in [0.2, 0.25) is 6.79 Å². The summed E-state index contributed by atoms with van der Waals surface area (Å²) in [6.07, 6.45) is 0.731. The van der Waals surface area contributed by atoms with Gasteiger partial charge in [0.25, 0.3) is 0 Å². The Bertz CT molecular complexity index is 1730. The molecule has 0 saturated carbocycles. The van der Waals surface area contributed by atoms with Gasteiger partial charge < -0.3 is 23.9 Å². The molecule has 0 bridgehead atoms. The van der Waals surface area contributed by atoms with Crippen molar-refractivity contribution in [2.45, 2.75) is 13.2 Å². The van der Waals surface area contributed by atoms with Gasteiger partial charge in [0, 0.05) is 33.1 Å². The van der Waals surface area contributed by atoms with Crippen LogP contribution in [0, 0.1) is 0 Å². The van der Waals surface area contributed by atoms with Gasteiger partial charge in [-0.2, -0.15) is 0 Å². The second kappa shape index (κ2) is 10.2. The Hall–Kier alpha value is -4.75. The highest BCUT2D eigenvalue weighted by atomic mass is 35.5. The zero-order valence-corrected chi connectivity index (χ0v) is 21.4. The summed E-state index contributed by atoms with van der Waals surface area (Å²) in [7, 11) is 0. The molecule has 0 amide bonds. The molecular weight excluding hydrogens is 518 g/mol. The van der Waals surface area contributed by atoms with Crippen LogP contribution >= 0.6 is 11.6 Å². The maximum atomic E-state index is 12.8. The molecule has 39 heavy (non-hydrogen) atoms. The Labute approximate surface area is 228 Å². The number of aromatic nitrogens is 1. The zero-order chi connectivity index (χ0) is 26.9. The topological polar surface area (TPSA) is 87.0 Å². The van der Waals surface area contributed by atoms with E-state index < -0.39 is 5.97 Å². The number of rotatable bonds is 8. The smallest absolute Gasteiger partial charge is 0.353 e. The Morgan fingerprint density at radius 3 is 2.49 bits per heavy atom. The first kappa shape index (κ1) is 24.6. The molecule has 6 rings (SSSR count). The Morgan fingerprint density at radius 1 is 0.974 bits per heavy atom. The second-order valence-corrected chi connectivity index (χ2v) is 9.48. The third-order valence-corrected chi connectivity index (χ3v) is 7.06. The quantitative estimate of drug-likeness (QED) is 0.217. The molecule has 1 aliphatic heterocycles.